The van der Waals surface area contributed by atoms with Gasteiger partial charge in [-0.25, -0.2) is 0 Å². The summed E-state index contributed by atoms with van der Waals surface area (Å²) >= 11 is 1.46. The van der Waals surface area contributed by atoms with Gasteiger partial charge in [-0.05, 0) is 24.6 Å². The molecular weight excluding hydrogens is 284 g/mol. The second-order valence-corrected chi connectivity index (χ2v) is 5.63. The van der Waals surface area contributed by atoms with Crippen molar-refractivity contribution < 1.29 is 9.53 Å². The molecule has 0 atom stereocenters. The van der Waals surface area contributed by atoms with E-state index in [-0.39, 0.29) is 5.91 Å². The maximum absolute atomic E-state index is 11.9. The van der Waals surface area contributed by atoms with Crippen molar-refractivity contribution in [3.05, 3.63) is 23.0 Å². The first-order valence-electron chi connectivity index (χ1n) is 6.88. The lowest BCUT2D eigenvalue weighted by Crippen LogP contribution is -2.16. The van der Waals surface area contributed by atoms with Crippen LogP contribution >= 0.6 is 11.3 Å². The van der Waals surface area contributed by atoms with Crippen molar-refractivity contribution in [2.24, 2.45) is 4.99 Å². The van der Waals surface area contributed by atoms with Crippen molar-refractivity contribution in [1.29, 1.82) is 0 Å². The Morgan fingerprint density at radius 1 is 1.52 bits per heavy atom. The number of fused-ring (bicyclic) bond motifs is 1. The fourth-order valence-electron chi connectivity index (χ4n) is 2.00. The molecule has 1 aromatic carbocycles. The number of terminal acetylenes is 1. The van der Waals surface area contributed by atoms with Gasteiger partial charge in [-0.1, -0.05) is 30.6 Å². The van der Waals surface area contributed by atoms with Crippen LogP contribution in [0.5, 0.6) is 5.75 Å². The third-order valence-corrected chi connectivity index (χ3v) is 4.15. The van der Waals surface area contributed by atoms with Gasteiger partial charge >= 0.3 is 0 Å². The van der Waals surface area contributed by atoms with Gasteiger partial charge in [0.05, 0.1) is 23.9 Å². The van der Waals surface area contributed by atoms with E-state index in [1.165, 1.54) is 11.3 Å². The predicted octanol–water partition coefficient (Wildman–Crippen LogP) is 2.96. The van der Waals surface area contributed by atoms with Crippen LogP contribution in [0.2, 0.25) is 0 Å². The van der Waals surface area contributed by atoms with Crippen LogP contribution in [0.4, 0.5) is 0 Å². The highest BCUT2D eigenvalue weighted by Gasteiger charge is 2.08. The molecule has 2 aromatic rings. The number of hydrogen-bond donors (Lipinski definition) is 0. The van der Waals surface area contributed by atoms with E-state index in [1.807, 2.05) is 22.8 Å². The van der Waals surface area contributed by atoms with E-state index in [9.17, 15) is 4.79 Å². The number of ether oxygens (including phenoxy) is 1. The first-order valence-corrected chi connectivity index (χ1v) is 7.69. The van der Waals surface area contributed by atoms with E-state index in [4.69, 9.17) is 11.2 Å². The number of unbranched alkanes of at least 4 members (excludes halogenated alkanes) is 1. The summed E-state index contributed by atoms with van der Waals surface area (Å²) in [6.45, 7) is 2.45. The van der Waals surface area contributed by atoms with Crippen LogP contribution in [-0.4, -0.2) is 17.6 Å². The van der Waals surface area contributed by atoms with E-state index in [2.05, 4.69) is 17.8 Å². The largest absolute Gasteiger partial charge is 0.497 e. The fourth-order valence-corrected chi connectivity index (χ4v) is 3.08. The summed E-state index contributed by atoms with van der Waals surface area (Å²) in [7, 11) is 1.63. The number of hydrogen-bond acceptors (Lipinski definition) is 3. The van der Waals surface area contributed by atoms with E-state index in [0.29, 0.717) is 17.8 Å². The first-order chi connectivity index (χ1) is 10.2. The second-order valence-electron chi connectivity index (χ2n) is 4.62. The third-order valence-electron chi connectivity index (χ3n) is 3.10. The van der Waals surface area contributed by atoms with Gasteiger partial charge in [0, 0.05) is 6.42 Å². The SMILES string of the molecule is C#CCn1c(=NC(=O)CCCC)sc2cc(OC)ccc21. The minimum absolute atomic E-state index is 0.0962. The van der Waals surface area contributed by atoms with Gasteiger partial charge in [0.1, 0.15) is 5.75 Å². The van der Waals surface area contributed by atoms with Gasteiger partial charge in [0.25, 0.3) is 0 Å². The highest BCUT2D eigenvalue weighted by molar-refractivity contribution is 7.16. The van der Waals surface area contributed by atoms with E-state index >= 15 is 0 Å². The lowest BCUT2D eigenvalue weighted by molar-refractivity contribution is -0.118. The number of amides is 1. The summed E-state index contributed by atoms with van der Waals surface area (Å²) in [6, 6.07) is 5.75. The Morgan fingerprint density at radius 2 is 2.33 bits per heavy atom. The Kier molecular flexibility index (Phi) is 5.18. The van der Waals surface area contributed by atoms with Crippen LogP contribution in [0.3, 0.4) is 0 Å². The minimum Gasteiger partial charge on any atom is -0.497 e. The van der Waals surface area contributed by atoms with Gasteiger partial charge in [-0.2, -0.15) is 4.99 Å². The zero-order valence-corrected chi connectivity index (χ0v) is 13.1. The van der Waals surface area contributed by atoms with Crippen LogP contribution < -0.4 is 9.54 Å². The Balaban J connectivity index is 2.51. The molecule has 5 heteroatoms. The molecule has 21 heavy (non-hydrogen) atoms. The molecule has 0 saturated carbocycles. The molecule has 1 heterocycles. The summed E-state index contributed by atoms with van der Waals surface area (Å²) in [4.78, 5) is 16.7. The summed E-state index contributed by atoms with van der Waals surface area (Å²) < 4.78 is 8.12. The zero-order chi connectivity index (χ0) is 15.2. The predicted molar refractivity (Wildman–Crippen MR) is 85.3 cm³/mol. The quantitative estimate of drug-likeness (QED) is 0.797. The standard InChI is InChI=1S/C16H18N2O2S/c1-4-6-7-15(19)17-16-18(10-5-2)13-9-8-12(20-3)11-14(13)21-16/h2,8-9,11H,4,6-7,10H2,1,3H3. The Morgan fingerprint density at radius 3 is 3.00 bits per heavy atom. The maximum Gasteiger partial charge on any atom is 0.248 e. The molecule has 0 aliphatic carbocycles. The molecule has 110 valence electrons. The van der Waals surface area contributed by atoms with Gasteiger partial charge < -0.3 is 9.30 Å². The second kappa shape index (κ2) is 7.09. The molecule has 0 radical (unpaired) electrons. The van der Waals surface area contributed by atoms with Gasteiger partial charge in [0.2, 0.25) is 5.91 Å². The Labute approximate surface area is 128 Å². The highest BCUT2D eigenvalue weighted by atomic mass is 32.1. The van der Waals surface area contributed by atoms with Crippen LogP contribution in [-0.2, 0) is 11.3 Å². The van der Waals surface area contributed by atoms with Crippen LogP contribution in [0.15, 0.2) is 23.2 Å². The summed E-state index contributed by atoms with van der Waals surface area (Å²) in [5.41, 5.74) is 0.973. The number of carbonyl (C=O) groups excluding carboxylic acids is 1. The van der Waals surface area contributed by atoms with Crippen molar-refractivity contribution in [2.45, 2.75) is 32.7 Å². The maximum atomic E-state index is 11.9. The number of nitrogens with zero attached hydrogens (tertiary/aromatic N) is 2. The molecule has 0 bridgehead atoms. The summed E-state index contributed by atoms with van der Waals surface area (Å²) in [5, 5.41) is 0. The zero-order valence-electron chi connectivity index (χ0n) is 12.3. The van der Waals surface area contributed by atoms with Crippen LogP contribution in [0.1, 0.15) is 26.2 Å². The number of benzene rings is 1. The van der Waals surface area contributed by atoms with E-state index in [1.54, 1.807) is 7.11 Å². The molecule has 0 spiro atoms. The average molecular weight is 302 g/mol. The molecular formula is C16H18N2O2S. The lowest BCUT2D eigenvalue weighted by atomic mass is 10.2. The van der Waals surface area contributed by atoms with Crippen molar-refractivity contribution in [3.8, 4) is 18.1 Å². The fraction of sp³-hybridized carbons (Fsp3) is 0.375. The van der Waals surface area contributed by atoms with Crippen molar-refractivity contribution in [1.82, 2.24) is 4.57 Å². The number of methoxy groups -OCH3 is 1. The molecule has 1 amide bonds. The minimum atomic E-state index is -0.0962. The molecule has 0 unspecified atom stereocenters. The lowest BCUT2D eigenvalue weighted by Gasteiger charge is -2.01. The summed E-state index contributed by atoms with van der Waals surface area (Å²) in [5.74, 6) is 3.30. The Hall–Kier alpha value is -2.06. The van der Waals surface area contributed by atoms with Gasteiger partial charge in [-0.15, -0.1) is 6.42 Å². The number of thiazole rings is 1. The van der Waals surface area contributed by atoms with Gasteiger partial charge in [0.15, 0.2) is 4.80 Å². The summed E-state index contributed by atoms with van der Waals surface area (Å²) in [6.07, 6.45) is 7.74. The molecule has 1 aromatic heterocycles. The van der Waals surface area contributed by atoms with Crippen LogP contribution in [0.25, 0.3) is 10.2 Å². The van der Waals surface area contributed by atoms with Crippen molar-refractivity contribution in [3.63, 3.8) is 0 Å². The molecule has 4 nitrogen and oxygen atoms in total. The molecule has 0 fully saturated rings. The Bertz CT molecular complexity index is 750. The molecule has 0 saturated heterocycles. The molecule has 0 N–H and O–H groups in total. The van der Waals surface area contributed by atoms with Crippen molar-refractivity contribution in [2.75, 3.05) is 7.11 Å². The third kappa shape index (κ3) is 3.53. The first kappa shape index (κ1) is 15.3. The normalized spacial score (nSPS) is 11.6. The number of carbonyl (C=O) groups is 1. The molecule has 0 aliphatic heterocycles. The average Bonchev–Trinajstić information content (AvgIpc) is 2.82. The van der Waals surface area contributed by atoms with E-state index in [0.717, 1.165) is 28.8 Å². The van der Waals surface area contributed by atoms with Crippen molar-refractivity contribution >= 4 is 27.5 Å². The highest BCUT2D eigenvalue weighted by Crippen LogP contribution is 2.23. The molecule has 2 rings (SSSR count). The number of aromatic nitrogens is 1. The van der Waals surface area contributed by atoms with E-state index < -0.39 is 0 Å². The number of rotatable bonds is 5. The van der Waals surface area contributed by atoms with Crippen LogP contribution in [0, 0.1) is 12.3 Å². The topological polar surface area (TPSA) is 43.6 Å². The monoisotopic (exact) mass is 302 g/mol. The van der Waals surface area contributed by atoms with Gasteiger partial charge in [-0.3, -0.25) is 4.79 Å². The smallest absolute Gasteiger partial charge is 0.248 e. The molecule has 0 aliphatic rings.